The van der Waals surface area contributed by atoms with E-state index in [0.717, 1.165) is 58.2 Å². The van der Waals surface area contributed by atoms with E-state index in [-0.39, 0.29) is 6.10 Å². The monoisotopic (exact) mass is 358 g/mol. The first kappa shape index (κ1) is 16.2. The number of benzene rings is 1. The fourth-order valence-corrected chi connectivity index (χ4v) is 4.00. The molecule has 3 heterocycles. The van der Waals surface area contributed by atoms with Crippen LogP contribution in [0.2, 0.25) is 0 Å². The predicted octanol–water partition coefficient (Wildman–Crippen LogP) is 4.57. The Hall–Kier alpha value is -2.95. The van der Waals surface area contributed by atoms with Crippen LogP contribution in [0.3, 0.4) is 0 Å². The molecule has 5 nitrogen and oxygen atoms in total. The van der Waals surface area contributed by atoms with E-state index in [1.165, 1.54) is 6.42 Å². The van der Waals surface area contributed by atoms with Gasteiger partial charge in [0.15, 0.2) is 0 Å². The Labute approximate surface area is 158 Å². The minimum atomic E-state index is 0.285. The average molecular weight is 358 g/mol. The largest absolute Gasteiger partial charge is 0.474 e. The Morgan fingerprint density at radius 1 is 1.07 bits per heavy atom. The van der Waals surface area contributed by atoms with Gasteiger partial charge in [0.1, 0.15) is 11.9 Å². The summed E-state index contributed by atoms with van der Waals surface area (Å²) in [6.45, 7) is 2.92. The van der Waals surface area contributed by atoms with Crippen LogP contribution in [-0.2, 0) is 6.54 Å². The van der Waals surface area contributed by atoms with Gasteiger partial charge in [-0.15, -0.1) is 0 Å². The summed E-state index contributed by atoms with van der Waals surface area (Å²) in [5.74, 6) is 2.36. The van der Waals surface area contributed by atoms with Crippen molar-refractivity contribution in [1.29, 1.82) is 0 Å². The van der Waals surface area contributed by atoms with E-state index in [1.54, 1.807) is 0 Å². The Morgan fingerprint density at radius 2 is 2.04 bits per heavy atom. The molecule has 0 saturated heterocycles. The summed E-state index contributed by atoms with van der Waals surface area (Å²) in [4.78, 5) is 13.4. The summed E-state index contributed by atoms with van der Waals surface area (Å²) in [7, 11) is 0. The third-order valence-corrected chi connectivity index (χ3v) is 5.45. The molecule has 5 rings (SSSR count). The van der Waals surface area contributed by atoms with Crippen molar-refractivity contribution in [3.8, 4) is 5.88 Å². The molecule has 0 radical (unpaired) electrons. The van der Waals surface area contributed by atoms with Crippen LogP contribution in [0.1, 0.15) is 37.4 Å². The van der Waals surface area contributed by atoms with Crippen molar-refractivity contribution >= 4 is 22.3 Å². The van der Waals surface area contributed by atoms with Gasteiger partial charge in [0.2, 0.25) is 5.88 Å². The van der Waals surface area contributed by atoms with Crippen molar-refractivity contribution in [3.63, 3.8) is 0 Å². The summed E-state index contributed by atoms with van der Waals surface area (Å²) in [6.07, 6.45) is 7.39. The molecular formula is C22H22N4O. The molecule has 0 bridgehead atoms. The highest BCUT2D eigenvalue weighted by Crippen LogP contribution is 2.32. The highest BCUT2D eigenvalue weighted by molar-refractivity contribution is 6.11. The number of hydrogen-bond donors (Lipinski definition) is 1. The van der Waals surface area contributed by atoms with Crippen molar-refractivity contribution in [2.75, 3.05) is 5.32 Å². The van der Waals surface area contributed by atoms with Gasteiger partial charge in [0.05, 0.1) is 12.2 Å². The predicted molar refractivity (Wildman–Crippen MR) is 107 cm³/mol. The lowest BCUT2D eigenvalue weighted by Gasteiger charge is -2.15. The molecule has 136 valence electrons. The van der Waals surface area contributed by atoms with Gasteiger partial charge in [0.25, 0.3) is 0 Å². The van der Waals surface area contributed by atoms with E-state index < -0.39 is 0 Å². The van der Waals surface area contributed by atoms with Gasteiger partial charge < -0.3 is 10.1 Å². The molecule has 1 N–H and O–H groups in total. The number of nitrogens with one attached hydrogen (secondary N) is 1. The molecule has 1 saturated carbocycles. The number of rotatable bonds is 3. The van der Waals surface area contributed by atoms with Crippen LogP contribution in [0.25, 0.3) is 10.8 Å². The fraction of sp³-hybridized carbons (Fsp3) is 0.318. The topological polar surface area (TPSA) is 59.4 Å². The van der Waals surface area contributed by atoms with E-state index >= 15 is 0 Å². The summed E-state index contributed by atoms with van der Waals surface area (Å²) in [6, 6.07) is 12.3. The molecule has 1 aromatic carbocycles. The highest BCUT2D eigenvalue weighted by atomic mass is 16.5. The van der Waals surface area contributed by atoms with Crippen molar-refractivity contribution in [3.05, 3.63) is 60.0 Å². The normalized spacial score (nSPS) is 21.1. The second-order valence-corrected chi connectivity index (χ2v) is 7.50. The number of aromatic nitrogens is 2. The zero-order chi connectivity index (χ0) is 18.2. The van der Waals surface area contributed by atoms with Crippen molar-refractivity contribution in [1.82, 2.24) is 9.97 Å². The zero-order valence-corrected chi connectivity index (χ0v) is 15.4. The molecule has 3 aromatic rings. The SMILES string of the molecule is C[C@@H]1CC[C@@H](Oc2nccc3cc(NC4=NCc5ncccc54)ccc23)C1. The average Bonchev–Trinajstić information content (AvgIpc) is 3.28. The van der Waals surface area contributed by atoms with Crippen LogP contribution in [0.4, 0.5) is 5.69 Å². The van der Waals surface area contributed by atoms with Gasteiger partial charge in [0, 0.05) is 29.0 Å². The molecule has 2 atom stereocenters. The fourth-order valence-electron chi connectivity index (χ4n) is 4.00. The van der Waals surface area contributed by atoms with Crippen LogP contribution in [0.5, 0.6) is 5.88 Å². The maximum absolute atomic E-state index is 6.22. The number of anilines is 1. The summed E-state index contributed by atoms with van der Waals surface area (Å²) in [5, 5.41) is 5.60. The lowest BCUT2D eigenvalue weighted by Crippen LogP contribution is -2.13. The van der Waals surface area contributed by atoms with E-state index in [1.807, 2.05) is 24.5 Å². The maximum Gasteiger partial charge on any atom is 0.221 e. The minimum absolute atomic E-state index is 0.285. The van der Waals surface area contributed by atoms with Crippen LogP contribution in [0.15, 0.2) is 53.8 Å². The molecule has 5 heteroatoms. The number of fused-ring (bicyclic) bond motifs is 2. The standard InChI is InChI=1S/C22H22N4O/c1-14-4-6-17(11-14)27-22-18-7-5-16(12-15(18)8-10-24-22)26-21-19-3-2-9-23-20(19)13-25-21/h2-3,5,7-10,12,14,17H,4,6,11,13H2,1H3,(H,25,26)/t14-,17-/m1/s1. The van der Waals surface area contributed by atoms with Gasteiger partial charge in [-0.3, -0.25) is 9.98 Å². The maximum atomic E-state index is 6.22. The first-order valence-corrected chi connectivity index (χ1v) is 9.57. The van der Waals surface area contributed by atoms with E-state index in [9.17, 15) is 0 Å². The summed E-state index contributed by atoms with van der Waals surface area (Å²) in [5.41, 5.74) is 3.10. The lowest BCUT2D eigenvalue weighted by molar-refractivity contribution is 0.200. The Morgan fingerprint density at radius 3 is 2.93 bits per heavy atom. The second-order valence-electron chi connectivity index (χ2n) is 7.50. The van der Waals surface area contributed by atoms with Crippen molar-refractivity contribution < 1.29 is 4.74 Å². The van der Waals surface area contributed by atoms with Crippen LogP contribution in [0, 0.1) is 5.92 Å². The third-order valence-electron chi connectivity index (χ3n) is 5.45. The number of aliphatic imine (C=N–C) groups is 1. The van der Waals surface area contributed by atoms with Crippen molar-refractivity contribution in [2.24, 2.45) is 10.9 Å². The Balaban J connectivity index is 1.40. The molecule has 27 heavy (non-hydrogen) atoms. The van der Waals surface area contributed by atoms with Crippen molar-refractivity contribution in [2.45, 2.75) is 38.8 Å². The quantitative estimate of drug-likeness (QED) is 0.745. The van der Waals surface area contributed by atoms with Gasteiger partial charge in [-0.1, -0.05) is 6.92 Å². The summed E-state index contributed by atoms with van der Waals surface area (Å²) >= 11 is 0. The van der Waals surface area contributed by atoms with Crippen LogP contribution < -0.4 is 10.1 Å². The number of ether oxygens (including phenoxy) is 1. The Kier molecular flexibility index (Phi) is 4.00. The van der Waals surface area contributed by atoms with Gasteiger partial charge in [-0.05, 0) is 67.0 Å². The molecule has 1 fully saturated rings. The number of pyridine rings is 2. The first-order valence-electron chi connectivity index (χ1n) is 9.57. The first-order chi connectivity index (χ1) is 13.3. The van der Waals surface area contributed by atoms with Gasteiger partial charge in [-0.25, -0.2) is 4.98 Å². The number of nitrogens with zero attached hydrogens (tertiary/aromatic N) is 3. The molecule has 1 aliphatic heterocycles. The third kappa shape index (κ3) is 3.14. The number of hydrogen-bond acceptors (Lipinski definition) is 5. The van der Waals surface area contributed by atoms with Crippen LogP contribution in [-0.4, -0.2) is 21.9 Å². The molecule has 1 aliphatic carbocycles. The second kappa shape index (κ2) is 6.65. The molecule has 0 unspecified atom stereocenters. The Bertz CT molecular complexity index is 1030. The molecular weight excluding hydrogens is 336 g/mol. The van der Waals surface area contributed by atoms with Crippen LogP contribution >= 0.6 is 0 Å². The highest BCUT2D eigenvalue weighted by Gasteiger charge is 2.24. The molecule has 0 amide bonds. The smallest absolute Gasteiger partial charge is 0.221 e. The van der Waals surface area contributed by atoms with E-state index in [2.05, 4.69) is 51.5 Å². The molecule has 0 spiro atoms. The zero-order valence-electron chi connectivity index (χ0n) is 15.4. The molecule has 2 aromatic heterocycles. The van der Waals surface area contributed by atoms with E-state index in [0.29, 0.717) is 6.54 Å². The minimum Gasteiger partial charge on any atom is -0.474 e. The van der Waals surface area contributed by atoms with E-state index in [4.69, 9.17) is 4.74 Å². The lowest BCUT2D eigenvalue weighted by atomic mass is 10.1. The van der Waals surface area contributed by atoms with Gasteiger partial charge in [-0.2, -0.15) is 0 Å². The number of amidine groups is 1. The molecule has 2 aliphatic rings. The van der Waals surface area contributed by atoms with Gasteiger partial charge >= 0.3 is 0 Å². The summed E-state index contributed by atoms with van der Waals surface area (Å²) < 4.78 is 6.22.